The molecule has 0 amide bonds. The van der Waals surface area contributed by atoms with E-state index in [4.69, 9.17) is 5.73 Å². The monoisotopic (exact) mass is 237 g/mol. The third kappa shape index (κ3) is 2.49. The van der Waals surface area contributed by atoms with Crippen LogP contribution in [0.3, 0.4) is 0 Å². The molecule has 1 nitrogen and oxygen atoms in total. The number of nitrogens with two attached hydrogens (primary N) is 1. The Bertz CT molecular complexity index is 344. The van der Waals surface area contributed by atoms with Crippen LogP contribution >= 0.6 is 11.3 Å². The zero-order chi connectivity index (χ0) is 11.6. The fourth-order valence-electron chi connectivity index (χ4n) is 2.99. The smallest absolute Gasteiger partial charge is 0.00541 e. The summed E-state index contributed by atoms with van der Waals surface area (Å²) in [7, 11) is 0. The van der Waals surface area contributed by atoms with Crippen molar-refractivity contribution in [2.24, 2.45) is 17.1 Å². The molecule has 90 valence electrons. The molecule has 1 fully saturated rings. The minimum Gasteiger partial charge on any atom is -0.330 e. The molecular weight excluding hydrogens is 214 g/mol. The SMILES string of the molecule is CCc1ccc(CC2(CN)CCC(C)C2)s1. The number of thiophene rings is 1. The van der Waals surface area contributed by atoms with Crippen molar-refractivity contribution < 1.29 is 0 Å². The lowest BCUT2D eigenvalue weighted by Gasteiger charge is -2.27. The maximum Gasteiger partial charge on any atom is 0.00541 e. The highest BCUT2D eigenvalue weighted by molar-refractivity contribution is 7.11. The summed E-state index contributed by atoms with van der Waals surface area (Å²) in [6.07, 6.45) is 6.38. The summed E-state index contributed by atoms with van der Waals surface area (Å²) >= 11 is 1.98. The van der Waals surface area contributed by atoms with E-state index in [1.165, 1.54) is 35.4 Å². The molecule has 0 aliphatic heterocycles. The molecule has 0 spiro atoms. The third-order valence-corrected chi connectivity index (χ3v) is 5.23. The first-order chi connectivity index (χ1) is 7.67. The van der Waals surface area contributed by atoms with Crippen LogP contribution in [-0.4, -0.2) is 6.54 Å². The molecule has 1 aromatic rings. The van der Waals surface area contributed by atoms with Gasteiger partial charge in [0.15, 0.2) is 0 Å². The Hall–Kier alpha value is -0.340. The molecule has 2 heteroatoms. The van der Waals surface area contributed by atoms with Gasteiger partial charge in [0.2, 0.25) is 0 Å². The minimum atomic E-state index is 0.412. The molecule has 1 aliphatic rings. The molecule has 0 saturated heterocycles. The van der Waals surface area contributed by atoms with Gasteiger partial charge in [-0.15, -0.1) is 11.3 Å². The van der Waals surface area contributed by atoms with E-state index in [2.05, 4.69) is 26.0 Å². The van der Waals surface area contributed by atoms with Gasteiger partial charge in [-0.1, -0.05) is 20.3 Å². The van der Waals surface area contributed by atoms with E-state index in [0.29, 0.717) is 5.41 Å². The standard InChI is InChI=1S/C14H23NS/c1-3-12-4-5-13(16-12)9-14(10-15)7-6-11(2)8-14/h4-5,11H,3,6-10,15H2,1-2H3. The summed E-state index contributed by atoms with van der Waals surface area (Å²) in [5.41, 5.74) is 6.43. The Morgan fingerprint density at radius 3 is 2.69 bits per heavy atom. The Morgan fingerprint density at radius 2 is 2.19 bits per heavy atom. The molecular formula is C14H23NS. The lowest BCUT2D eigenvalue weighted by Crippen LogP contribution is -2.29. The van der Waals surface area contributed by atoms with Crippen LogP contribution < -0.4 is 5.73 Å². The molecule has 1 aliphatic carbocycles. The van der Waals surface area contributed by atoms with Gasteiger partial charge in [-0.3, -0.25) is 0 Å². The van der Waals surface area contributed by atoms with Crippen molar-refractivity contribution in [1.82, 2.24) is 0 Å². The zero-order valence-electron chi connectivity index (χ0n) is 10.5. The van der Waals surface area contributed by atoms with Gasteiger partial charge in [0.05, 0.1) is 0 Å². The molecule has 0 aromatic carbocycles. The van der Waals surface area contributed by atoms with Crippen molar-refractivity contribution in [3.05, 3.63) is 21.9 Å². The van der Waals surface area contributed by atoms with Crippen molar-refractivity contribution in [2.75, 3.05) is 6.54 Å². The number of rotatable bonds is 4. The van der Waals surface area contributed by atoms with Crippen molar-refractivity contribution in [1.29, 1.82) is 0 Å². The van der Waals surface area contributed by atoms with E-state index < -0.39 is 0 Å². The predicted octanol–water partition coefficient (Wildman–Crippen LogP) is 3.62. The first-order valence-electron chi connectivity index (χ1n) is 6.45. The maximum absolute atomic E-state index is 6.02. The van der Waals surface area contributed by atoms with Crippen molar-refractivity contribution >= 4 is 11.3 Å². The van der Waals surface area contributed by atoms with Gasteiger partial charge in [-0.05, 0) is 55.7 Å². The van der Waals surface area contributed by atoms with Gasteiger partial charge in [0.25, 0.3) is 0 Å². The van der Waals surface area contributed by atoms with Crippen LogP contribution in [0.15, 0.2) is 12.1 Å². The van der Waals surface area contributed by atoms with Crippen LogP contribution in [0.25, 0.3) is 0 Å². The number of aryl methyl sites for hydroxylation is 1. The highest BCUT2D eigenvalue weighted by Crippen LogP contribution is 2.44. The molecule has 2 rings (SSSR count). The molecule has 1 saturated carbocycles. The second-order valence-electron chi connectivity index (χ2n) is 5.45. The topological polar surface area (TPSA) is 26.0 Å². The molecule has 1 aromatic heterocycles. The molecule has 0 bridgehead atoms. The summed E-state index contributed by atoms with van der Waals surface area (Å²) in [5, 5.41) is 0. The number of hydrogen-bond acceptors (Lipinski definition) is 2. The summed E-state index contributed by atoms with van der Waals surface area (Å²) in [6, 6.07) is 4.59. The van der Waals surface area contributed by atoms with Gasteiger partial charge in [0, 0.05) is 9.75 Å². The lowest BCUT2D eigenvalue weighted by molar-refractivity contribution is 0.298. The summed E-state index contributed by atoms with van der Waals surface area (Å²) < 4.78 is 0. The molecule has 16 heavy (non-hydrogen) atoms. The van der Waals surface area contributed by atoms with E-state index in [1.54, 1.807) is 0 Å². The predicted molar refractivity (Wildman–Crippen MR) is 71.9 cm³/mol. The van der Waals surface area contributed by atoms with Crippen LogP contribution in [-0.2, 0) is 12.8 Å². The molecule has 2 unspecified atom stereocenters. The quantitative estimate of drug-likeness (QED) is 0.850. The fraction of sp³-hybridized carbons (Fsp3) is 0.714. The van der Waals surface area contributed by atoms with E-state index in [9.17, 15) is 0 Å². The minimum absolute atomic E-state index is 0.412. The highest BCUT2D eigenvalue weighted by Gasteiger charge is 2.36. The third-order valence-electron chi connectivity index (χ3n) is 4.00. The van der Waals surface area contributed by atoms with Gasteiger partial charge < -0.3 is 5.73 Å². The van der Waals surface area contributed by atoms with E-state index in [0.717, 1.165) is 18.9 Å². The van der Waals surface area contributed by atoms with Crippen molar-refractivity contribution in [3.8, 4) is 0 Å². The second kappa shape index (κ2) is 4.89. The van der Waals surface area contributed by atoms with Gasteiger partial charge >= 0.3 is 0 Å². The Balaban J connectivity index is 2.06. The summed E-state index contributed by atoms with van der Waals surface area (Å²) in [4.78, 5) is 3.05. The van der Waals surface area contributed by atoms with Gasteiger partial charge in [-0.2, -0.15) is 0 Å². The van der Waals surface area contributed by atoms with Crippen LogP contribution in [0, 0.1) is 11.3 Å². The second-order valence-corrected chi connectivity index (χ2v) is 6.70. The van der Waals surface area contributed by atoms with E-state index >= 15 is 0 Å². The first-order valence-corrected chi connectivity index (χ1v) is 7.27. The van der Waals surface area contributed by atoms with E-state index in [1.807, 2.05) is 11.3 Å². The molecule has 0 radical (unpaired) electrons. The maximum atomic E-state index is 6.02. The van der Waals surface area contributed by atoms with E-state index in [-0.39, 0.29) is 0 Å². The first kappa shape index (κ1) is 12.1. The molecule has 1 heterocycles. The van der Waals surface area contributed by atoms with Crippen LogP contribution in [0.1, 0.15) is 42.9 Å². The Labute approximate surface area is 103 Å². The van der Waals surface area contributed by atoms with Gasteiger partial charge in [0.1, 0.15) is 0 Å². The molecule has 2 atom stereocenters. The van der Waals surface area contributed by atoms with Crippen LogP contribution in [0.4, 0.5) is 0 Å². The highest BCUT2D eigenvalue weighted by atomic mass is 32.1. The number of hydrogen-bond donors (Lipinski definition) is 1. The largest absolute Gasteiger partial charge is 0.330 e. The van der Waals surface area contributed by atoms with Crippen LogP contribution in [0.5, 0.6) is 0 Å². The average Bonchev–Trinajstić information content (AvgIpc) is 2.87. The fourth-order valence-corrected chi connectivity index (χ4v) is 4.12. The average molecular weight is 237 g/mol. The van der Waals surface area contributed by atoms with Gasteiger partial charge in [-0.25, -0.2) is 0 Å². The van der Waals surface area contributed by atoms with Crippen molar-refractivity contribution in [3.63, 3.8) is 0 Å². The normalized spacial score (nSPS) is 29.8. The zero-order valence-corrected chi connectivity index (χ0v) is 11.3. The Kier molecular flexibility index (Phi) is 3.70. The Morgan fingerprint density at radius 1 is 1.44 bits per heavy atom. The lowest BCUT2D eigenvalue weighted by atomic mass is 9.81. The van der Waals surface area contributed by atoms with Crippen molar-refractivity contribution in [2.45, 2.75) is 46.0 Å². The summed E-state index contributed by atoms with van der Waals surface area (Å²) in [6.45, 7) is 5.45. The van der Waals surface area contributed by atoms with Crippen LogP contribution in [0.2, 0.25) is 0 Å². The summed E-state index contributed by atoms with van der Waals surface area (Å²) in [5.74, 6) is 0.870. The molecule has 2 N–H and O–H groups in total.